The Kier molecular flexibility index (Phi) is 13.0. The minimum absolute atomic E-state index is 0.0641. The average Bonchev–Trinajstić information content (AvgIpc) is 3.38. The minimum atomic E-state index is -1.02. The van der Waals surface area contributed by atoms with Crippen molar-refractivity contribution in [2.75, 3.05) is 59.1 Å². The number of piperidine rings is 1. The Morgan fingerprint density at radius 1 is 0.962 bits per heavy atom. The number of carbonyl (C=O) groups is 5. The number of rotatable bonds is 8. The van der Waals surface area contributed by atoms with E-state index in [2.05, 4.69) is 43.2 Å². The van der Waals surface area contributed by atoms with Crippen molar-refractivity contribution in [3.63, 3.8) is 0 Å². The summed E-state index contributed by atoms with van der Waals surface area (Å²) in [6.45, 7) is 6.49. The Hall–Kier alpha value is -4.73. The van der Waals surface area contributed by atoms with Crippen LogP contribution in [0.2, 0.25) is 0 Å². The zero-order valence-corrected chi connectivity index (χ0v) is 32.0. The number of likely N-dealkylation sites (N-methyl/N-ethyl adjacent to an activating group) is 1. The Labute approximate surface area is 317 Å². The van der Waals surface area contributed by atoms with Gasteiger partial charge in [-0.15, -0.1) is 0 Å². The van der Waals surface area contributed by atoms with E-state index < -0.39 is 23.8 Å². The van der Waals surface area contributed by atoms with Gasteiger partial charge in [0.2, 0.25) is 5.91 Å². The van der Waals surface area contributed by atoms with Crippen molar-refractivity contribution >= 4 is 51.5 Å². The number of hydrogen-bond donors (Lipinski definition) is 2. The summed E-state index contributed by atoms with van der Waals surface area (Å²) in [5.41, 5.74) is 7.82. The van der Waals surface area contributed by atoms with Crippen LogP contribution < -0.4 is 16.6 Å². The number of fused-ring (bicyclic) bond motifs is 1. The van der Waals surface area contributed by atoms with Gasteiger partial charge in [0, 0.05) is 64.2 Å². The molecule has 3 fully saturated rings. The topological polar surface area (TPSA) is 171 Å². The molecule has 3 N–H and O–H groups in total. The van der Waals surface area contributed by atoms with E-state index in [4.69, 9.17) is 5.73 Å². The van der Waals surface area contributed by atoms with Gasteiger partial charge < -0.3 is 25.6 Å². The van der Waals surface area contributed by atoms with Gasteiger partial charge in [-0.1, -0.05) is 30.7 Å². The molecule has 3 aromatic rings. The molecule has 0 aliphatic carbocycles. The Bertz CT molecular complexity index is 1880. The molecule has 4 amide bonds. The van der Waals surface area contributed by atoms with E-state index in [1.807, 2.05) is 41.3 Å². The predicted molar refractivity (Wildman–Crippen MR) is 203 cm³/mol. The number of nitrogens with zero attached hydrogens (tertiary/aromatic N) is 6. The van der Waals surface area contributed by atoms with Crippen molar-refractivity contribution in [3.05, 3.63) is 91.8 Å². The Morgan fingerprint density at radius 2 is 1.62 bits per heavy atom. The molecule has 0 radical (unpaired) electrons. The summed E-state index contributed by atoms with van der Waals surface area (Å²) in [6.07, 6.45) is 6.52. The van der Waals surface area contributed by atoms with Crippen LogP contribution in [0.25, 0.3) is 0 Å². The van der Waals surface area contributed by atoms with Gasteiger partial charge >= 0.3 is 0 Å². The summed E-state index contributed by atoms with van der Waals surface area (Å²) < 4.78 is 1.57. The summed E-state index contributed by atoms with van der Waals surface area (Å²) >= 11 is 3.03. The van der Waals surface area contributed by atoms with E-state index in [1.165, 1.54) is 50.3 Å². The van der Waals surface area contributed by atoms with E-state index in [1.54, 1.807) is 19.2 Å². The molecule has 14 nitrogen and oxygen atoms in total. The van der Waals surface area contributed by atoms with Crippen molar-refractivity contribution in [2.24, 2.45) is 12.5 Å². The SMILES string of the molecule is CN1CCCCC1.CNC(=O)C(CCC=O)N1C(=O)c2ccc(CN3CC4(C3)CN(C(=O)c3ccccc3)C4)cc2C1=O.Cn1ncc(N)c(Br)c1=O. The monoisotopic (exact) mass is 790 g/mol. The number of benzene rings is 2. The van der Waals surface area contributed by atoms with Gasteiger partial charge in [-0.2, -0.15) is 5.10 Å². The van der Waals surface area contributed by atoms with Crippen molar-refractivity contribution in [3.8, 4) is 0 Å². The second kappa shape index (κ2) is 17.4. The zero-order valence-electron chi connectivity index (χ0n) is 30.4. The fraction of sp³-hybridized carbons (Fsp3) is 0.447. The number of likely N-dealkylation sites (tertiary alicyclic amines) is 3. The molecular weight excluding hydrogens is 744 g/mol. The van der Waals surface area contributed by atoms with Crippen LogP contribution >= 0.6 is 15.9 Å². The summed E-state index contributed by atoms with van der Waals surface area (Å²) in [5, 5.41) is 6.17. The van der Waals surface area contributed by atoms with E-state index in [-0.39, 0.29) is 40.8 Å². The van der Waals surface area contributed by atoms with Gasteiger partial charge in [-0.3, -0.25) is 33.8 Å². The first-order valence-electron chi connectivity index (χ1n) is 17.8. The number of amides is 4. The molecule has 7 rings (SSSR count). The number of halogens is 1. The normalized spacial score (nSPS) is 18.0. The van der Waals surface area contributed by atoms with Gasteiger partial charge in [-0.05, 0) is 85.2 Å². The number of nitrogen functional groups attached to an aromatic ring is 1. The van der Waals surface area contributed by atoms with Crippen molar-refractivity contribution < 1.29 is 24.0 Å². The predicted octanol–water partition coefficient (Wildman–Crippen LogP) is 2.56. The van der Waals surface area contributed by atoms with E-state index in [0.717, 1.165) is 36.6 Å². The van der Waals surface area contributed by atoms with Crippen molar-refractivity contribution in [1.29, 1.82) is 0 Å². The van der Waals surface area contributed by atoms with Crippen molar-refractivity contribution in [1.82, 2.24) is 34.7 Å². The number of hydrogen-bond acceptors (Lipinski definition) is 10. The molecule has 4 aliphatic rings. The summed E-state index contributed by atoms with van der Waals surface area (Å²) in [4.78, 5) is 80.3. The first kappa shape index (κ1) is 39.5. The molecule has 5 heterocycles. The third-order valence-electron chi connectivity index (χ3n) is 9.97. The molecule has 1 atom stereocenters. The van der Waals surface area contributed by atoms with Crippen LogP contribution in [-0.4, -0.2) is 119 Å². The lowest BCUT2D eigenvalue weighted by Gasteiger charge is -2.60. The van der Waals surface area contributed by atoms with Crippen LogP contribution in [0.4, 0.5) is 5.69 Å². The first-order valence-corrected chi connectivity index (χ1v) is 18.6. The number of carbonyl (C=O) groups excluding carboxylic acids is 5. The molecule has 1 spiro atoms. The molecule has 4 aliphatic heterocycles. The molecular formula is C38H47BrN8O6. The standard InChI is InChI=1S/C27H28N4O5.C6H13N.C5H6BrN3O/c1-28-23(33)22(8-5-11-32)31-25(35)20-10-9-18(12-21(20)26(31)36)13-29-14-27(15-29)16-30(17-27)24(34)19-6-3-2-4-7-19;1-7-5-3-2-4-6-7;1-9-5(10)4(6)3(7)2-8-9/h2-4,6-7,9-12,22H,5,8,13-17H2,1H3,(H,28,33);2-6H2,1H3;2H,7H2,1H3. The second-order valence-electron chi connectivity index (χ2n) is 14.1. The van der Waals surface area contributed by atoms with Gasteiger partial charge in [0.1, 0.15) is 16.8 Å². The smallest absolute Gasteiger partial charge is 0.282 e. The molecule has 1 unspecified atom stereocenters. The van der Waals surface area contributed by atoms with Crippen LogP contribution in [0.15, 0.2) is 64.0 Å². The van der Waals surface area contributed by atoms with Gasteiger partial charge in [-0.25, -0.2) is 4.68 Å². The number of aryl methyl sites for hydroxylation is 1. The first-order chi connectivity index (χ1) is 25.4. The molecule has 53 heavy (non-hydrogen) atoms. The molecule has 2 aromatic carbocycles. The lowest BCUT2D eigenvalue weighted by molar-refractivity contribution is -0.124. The largest absolute Gasteiger partial charge is 0.396 e. The maximum atomic E-state index is 13.1. The summed E-state index contributed by atoms with van der Waals surface area (Å²) in [5.74, 6) is -1.43. The van der Waals surface area contributed by atoms with Crippen LogP contribution in [-0.2, 0) is 23.2 Å². The number of imide groups is 1. The molecule has 1 aromatic heterocycles. The summed E-state index contributed by atoms with van der Waals surface area (Å²) in [6, 6.07) is 13.5. The number of nitrogens with one attached hydrogen (secondary N) is 1. The lowest BCUT2D eigenvalue weighted by Crippen LogP contribution is -2.72. The van der Waals surface area contributed by atoms with Crippen LogP contribution in [0.3, 0.4) is 0 Å². The number of anilines is 1. The Balaban J connectivity index is 0.000000260. The van der Waals surface area contributed by atoms with E-state index in [0.29, 0.717) is 28.6 Å². The van der Waals surface area contributed by atoms with E-state index in [9.17, 15) is 28.8 Å². The summed E-state index contributed by atoms with van der Waals surface area (Å²) in [7, 11) is 5.19. The maximum Gasteiger partial charge on any atom is 0.282 e. The highest BCUT2D eigenvalue weighted by molar-refractivity contribution is 9.10. The second-order valence-corrected chi connectivity index (χ2v) is 14.9. The fourth-order valence-electron chi connectivity index (χ4n) is 7.18. The zero-order chi connectivity index (χ0) is 38.3. The van der Waals surface area contributed by atoms with Crippen LogP contribution in [0.5, 0.6) is 0 Å². The molecule has 0 bridgehead atoms. The molecule has 282 valence electrons. The maximum absolute atomic E-state index is 13.1. The van der Waals surface area contributed by atoms with Crippen LogP contribution in [0, 0.1) is 5.41 Å². The van der Waals surface area contributed by atoms with Crippen molar-refractivity contribution in [2.45, 2.75) is 44.7 Å². The highest BCUT2D eigenvalue weighted by Crippen LogP contribution is 2.41. The highest BCUT2D eigenvalue weighted by atomic mass is 79.9. The minimum Gasteiger partial charge on any atom is -0.396 e. The quantitative estimate of drug-likeness (QED) is 0.255. The van der Waals surface area contributed by atoms with E-state index >= 15 is 0 Å². The van der Waals surface area contributed by atoms with Crippen LogP contribution in [0.1, 0.15) is 68.7 Å². The number of aromatic nitrogens is 2. The van der Waals surface area contributed by atoms with Gasteiger partial charge in [0.15, 0.2) is 0 Å². The third kappa shape index (κ3) is 9.08. The molecule has 15 heteroatoms. The molecule has 0 saturated carbocycles. The fourth-order valence-corrected chi connectivity index (χ4v) is 7.54. The Morgan fingerprint density at radius 3 is 2.21 bits per heavy atom. The van der Waals surface area contributed by atoms with Gasteiger partial charge in [0.05, 0.1) is 23.0 Å². The van der Waals surface area contributed by atoms with Gasteiger partial charge in [0.25, 0.3) is 23.3 Å². The third-order valence-corrected chi connectivity index (χ3v) is 10.8. The number of nitrogens with two attached hydrogens (primary N) is 1. The lowest BCUT2D eigenvalue weighted by atomic mass is 9.72. The molecule has 3 saturated heterocycles. The number of aldehydes is 1. The highest BCUT2D eigenvalue weighted by Gasteiger charge is 2.53. The average molecular weight is 792 g/mol.